The highest BCUT2D eigenvalue weighted by Crippen LogP contribution is 2.33. The molecule has 3 heterocycles. The Balaban J connectivity index is 1.33. The first-order chi connectivity index (χ1) is 13.5. The van der Waals surface area contributed by atoms with Gasteiger partial charge < -0.3 is 4.42 Å². The second-order valence-corrected chi connectivity index (χ2v) is 8.28. The fourth-order valence-electron chi connectivity index (χ4n) is 3.62. The Morgan fingerprint density at radius 1 is 1.36 bits per heavy atom. The van der Waals surface area contributed by atoms with Crippen LogP contribution in [0.3, 0.4) is 0 Å². The highest BCUT2D eigenvalue weighted by molar-refractivity contribution is 7.18. The predicted octanol–water partition coefficient (Wildman–Crippen LogP) is 4.20. The number of anilines is 1. The van der Waals surface area contributed by atoms with Crippen LogP contribution >= 0.6 is 11.3 Å². The molecule has 0 bridgehead atoms. The van der Waals surface area contributed by atoms with E-state index >= 15 is 0 Å². The number of benzene rings is 1. The van der Waals surface area contributed by atoms with Crippen molar-refractivity contribution in [2.24, 2.45) is 0 Å². The van der Waals surface area contributed by atoms with E-state index in [1.807, 2.05) is 19.1 Å². The maximum absolute atomic E-state index is 12.4. The molecule has 2 aromatic heterocycles. The number of carbonyl (C=O) groups is 1. The van der Waals surface area contributed by atoms with Gasteiger partial charge in [0, 0.05) is 11.5 Å². The molecule has 0 atom stereocenters. The molecule has 0 saturated carbocycles. The zero-order chi connectivity index (χ0) is 19.7. The van der Waals surface area contributed by atoms with Gasteiger partial charge in [-0.2, -0.15) is 5.26 Å². The first-order valence-electron chi connectivity index (χ1n) is 9.43. The van der Waals surface area contributed by atoms with Crippen molar-refractivity contribution < 1.29 is 9.21 Å². The van der Waals surface area contributed by atoms with Crippen LogP contribution in [0.1, 0.15) is 40.7 Å². The van der Waals surface area contributed by atoms with Gasteiger partial charge in [0.05, 0.1) is 21.8 Å². The van der Waals surface area contributed by atoms with E-state index in [0.29, 0.717) is 23.8 Å². The number of aryl methyl sites for hydroxylation is 1. The molecule has 4 rings (SSSR count). The van der Waals surface area contributed by atoms with Gasteiger partial charge in [-0.25, -0.2) is 4.98 Å². The van der Waals surface area contributed by atoms with E-state index in [9.17, 15) is 10.1 Å². The van der Waals surface area contributed by atoms with Gasteiger partial charge in [0.2, 0.25) is 11.8 Å². The number of hydrogen-bond acceptors (Lipinski definition) is 6. The number of nitrogens with one attached hydrogen (secondary N) is 1. The maximum Gasteiger partial charge on any atom is 0.240 e. The SMILES string of the molecule is Cc1oc(NC(=O)CN2CCC(c3nc4ccccc4s3)CC2)c(C#N)c1C. The lowest BCUT2D eigenvalue weighted by Crippen LogP contribution is -2.38. The summed E-state index contributed by atoms with van der Waals surface area (Å²) in [6, 6.07) is 10.3. The number of fused-ring (bicyclic) bond motifs is 1. The number of nitrogens with zero attached hydrogens (tertiary/aromatic N) is 3. The van der Waals surface area contributed by atoms with E-state index in [1.165, 1.54) is 9.71 Å². The van der Waals surface area contributed by atoms with Crippen LogP contribution in [0.2, 0.25) is 0 Å². The van der Waals surface area contributed by atoms with Gasteiger partial charge in [-0.05, 0) is 51.9 Å². The van der Waals surface area contributed by atoms with Crippen molar-refractivity contribution in [2.45, 2.75) is 32.6 Å². The normalized spacial score (nSPS) is 15.6. The molecule has 1 saturated heterocycles. The van der Waals surface area contributed by atoms with Crippen LogP contribution in [0, 0.1) is 25.2 Å². The van der Waals surface area contributed by atoms with Crippen LogP contribution in [-0.2, 0) is 4.79 Å². The van der Waals surface area contributed by atoms with Crippen molar-refractivity contribution in [3.63, 3.8) is 0 Å². The van der Waals surface area contributed by atoms with Crippen molar-refractivity contribution in [3.8, 4) is 6.07 Å². The Labute approximate surface area is 167 Å². The van der Waals surface area contributed by atoms with E-state index in [1.54, 1.807) is 18.3 Å². The molecule has 1 aromatic carbocycles. The fourth-order valence-corrected chi connectivity index (χ4v) is 4.76. The monoisotopic (exact) mass is 394 g/mol. The van der Waals surface area contributed by atoms with Gasteiger partial charge in [-0.1, -0.05) is 12.1 Å². The lowest BCUT2D eigenvalue weighted by Gasteiger charge is -2.30. The van der Waals surface area contributed by atoms with E-state index < -0.39 is 0 Å². The van der Waals surface area contributed by atoms with Crippen molar-refractivity contribution in [1.82, 2.24) is 9.88 Å². The summed E-state index contributed by atoms with van der Waals surface area (Å²) in [5.74, 6) is 1.22. The molecule has 0 aliphatic carbocycles. The van der Waals surface area contributed by atoms with Crippen LogP contribution in [0.25, 0.3) is 10.2 Å². The lowest BCUT2D eigenvalue weighted by molar-refractivity contribution is -0.117. The number of nitriles is 1. The molecule has 1 aliphatic rings. The number of likely N-dealkylation sites (tertiary alicyclic amines) is 1. The molecule has 3 aromatic rings. The predicted molar refractivity (Wildman–Crippen MR) is 110 cm³/mol. The largest absolute Gasteiger partial charge is 0.444 e. The molecule has 0 spiro atoms. The fraction of sp³-hybridized carbons (Fsp3) is 0.381. The van der Waals surface area contributed by atoms with Gasteiger partial charge in [0.1, 0.15) is 17.4 Å². The first-order valence-corrected chi connectivity index (χ1v) is 10.2. The second-order valence-electron chi connectivity index (χ2n) is 7.22. The summed E-state index contributed by atoms with van der Waals surface area (Å²) in [7, 11) is 0. The van der Waals surface area contributed by atoms with E-state index in [0.717, 1.165) is 37.0 Å². The highest BCUT2D eigenvalue weighted by Gasteiger charge is 2.25. The van der Waals surface area contributed by atoms with Gasteiger partial charge in [-0.3, -0.25) is 15.0 Å². The quantitative estimate of drug-likeness (QED) is 0.717. The Morgan fingerprint density at radius 3 is 2.82 bits per heavy atom. The minimum atomic E-state index is -0.149. The topological polar surface area (TPSA) is 82.2 Å². The molecule has 7 heteroatoms. The summed E-state index contributed by atoms with van der Waals surface area (Å²) in [6.45, 7) is 5.62. The number of piperidine rings is 1. The lowest BCUT2D eigenvalue weighted by atomic mass is 9.97. The van der Waals surface area contributed by atoms with E-state index in [-0.39, 0.29) is 11.8 Å². The van der Waals surface area contributed by atoms with Crippen LogP contribution < -0.4 is 5.32 Å². The third kappa shape index (κ3) is 3.66. The standard InChI is InChI=1S/C21H22N4O2S/c1-13-14(2)27-20(16(13)11-22)24-19(26)12-25-9-7-15(8-10-25)21-23-17-5-3-4-6-18(17)28-21/h3-6,15H,7-10,12H2,1-2H3,(H,24,26). The van der Waals surface area contributed by atoms with Crippen LogP contribution in [0.5, 0.6) is 0 Å². The third-order valence-corrected chi connectivity index (χ3v) is 6.56. The third-order valence-electron chi connectivity index (χ3n) is 5.36. The average molecular weight is 395 g/mol. The van der Waals surface area contributed by atoms with Gasteiger partial charge >= 0.3 is 0 Å². The minimum absolute atomic E-state index is 0.149. The number of furan rings is 1. The molecular formula is C21H22N4O2S. The molecule has 1 fully saturated rings. The van der Waals surface area contributed by atoms with Crippen molar-refractivity contribution in [1.29, 1.82) is 5.26 Å². The summed E-state index contributed by atoms with van der Waals surface area (Å²) in [4.78, 5) is 19.3. The van der Waals surface area contributed by atoms with Crippen molar-refractivity contribution in [3.05, 3.63) is 46.2 Å². The maximum atomic E-state index is 12.4. The number of amides is 1. The molecule has 0 unspecified atom stereocenters. The van der Waals surface area contributed by atoms with Gasteiger partial charge in [0.25, 0.3) is 0 Å². The number of aromatic nitrogens is 1. The smallest absolute Gasteiger partial charge is 0.240 e. The summed E-state index contributed by atoms with van der Waals surface area (Å²) < 4.78 is 6.75. The van der Waals surface area contributed by atoms with Crippen LogP contribution in [0.4, 0.5) is 5.88 Å². The summed E-state index contributed by atoms with van der Waals surface area (Å²) in [5, 5.41) is 13.2. The van der Waals surface area contributed by atoms with E-state index in [2.05, 4.69) is 28.4 Å². The summed E-state index contributed by atoms with van der Waals surface area (Å²) in [5.41, 5.74) is 2.25. The molecule has 1 N–H and O–H groups in total. The second kappa shape index (κ2) is 7.74. The molecule has 0 radical (unpaired) electrons. The molecule has 1 amide bonds. The first kappa shape index (κ1) is 18.7. The van der Waals surface area contributed by atoms with Gasteiger partial charge in [-0.15, -0.1) is 11.3 Å². The molecular weight excluding hydrogens is 372 g/mol. The van der Waals surface area contributed by atoms with Gasteiger partial charge in [0.15, 0.2) is 0 Å². The average Bonchev–Trinajstić information content (AvgIpc) is 3.23. The molecule has 6 nitrogen and oxygen atoms in total. The van der Waals surface area contributed by atoms with Crippen LogP contribution in [0.15, 0.2) is 28.7 Å². The van der Waals surface area contributed by atoms with E-state index in [4.69, 9.17) is 9.40 Å². The van der Waals surface area contributed by atoms with Crippen molar-refractivity contribution >= 4 is 33.3 Å². The number of hydrogen-bond donors (Lipinski definition) is 1. The summed E-state index contributed by atoms with van der Waals surface area (Å²) >= 11 is 1.78. The Morgan fingerprint density at radius 2 is 2.11 bits per heavy atom. The zero-order valence-corrected chi connectivity index (χ0v) is 16.8. The summed E-state index contributed by atoms with van der Waals surface area (Å²) in [6.07, 6.45) is 1.99. The molecule has 1 aliphatic heterocycles. The van der Waals surface area contributed by atoms with Crippen LogP contribution in [-0.4, -0.2) is 35.4 Å². The number of thiazole rings is 1. The highest BCUT2D eigenvalue weighted by atomic mass is 32.1. The van der Waals surface area contributed by atoms with Crippen molar-refractivity contribution in [2.75, 3.05) is 25.0 Å². The molecule has 28 heavy (non-hydrogen) atoms. The Bertz CT molecular complexity index is 1020. The Kier molecular flexibility index (Phi) is 5.16. The minimum Gasteiger partial charge on any atom is -0.444 e. The Hall–Kier alpha value is -2.69. The number of rotatable bonds is 4. The number of carbonyl (C=O) groups excluding carboxylic acids is 1. The molecule has 144 valence electrons. The zero-order valence-electron chi connectivity index (χ0n) is 16.0. The number of para-hydroxylation sites is 1.